The maximum absolute atomic E-state index is 12.8. The molecule has 0 radical (unpaired) electrons. The van der Waals surface area contributed by atoms with Crippen LogP contribution in [0.25, 0.3) is 0 Å². The van der Waals surface area contributed by atoms with Crippen LogP contribution in [0.2, 0.25) is 0 Å². The Balaban J connectivity index is 2.11. The number of furan rings is 1. The van der Waals surface area contributed by atoms with E-state index in [4.69, 9.17) is 4.42 Å². The Hall–Kier alpha value is -2.65. The van der Waals surface area contributed by atoms with E-state index >= 15 is 0 Å². The quantitative estimate of drug-likeness (QED) is 0.644. The summed E-state index contributed by atoms with van der Waals surface area (Å²) in [4.78, 5) is 24.8. The highest BCUT2D eigenvalue weighted by molar-refractivity contribution is 7.89. The van der Waals surface area contributed by atoms with Crippen molar-refractivity contribution in [2.24, 2.45) is 0 Å². The van der Waals surface area contributed by atoms with Gasteiger partial charge in [-0.2, -0.15) is 4.31 Å². The van der Waals surface area contributed by atoms with Gasteiger partial charge in [0.05, 0.1) is 17.7 Å². The molecule has 158 valence electrons. The SMILES string of the molecule is CCN(CC)S(=O)(=O)c1cc(C(=O)NC(C)C(=O)NCc2ccco2)ccc1C. The predicted octanol–water partition coefficient (Wildman–Crippen LogP) is 2.05. The van der Waals surface area contributed by atoms with Gasteiger partial charge in [-0.05, 0) is 43.7 Å². The van der Waals surface area contributed by atoms with Crippen molar-refractivity contribution in [1.29, 1.82) is 0 Å². The standard InChI is InChI=1S/C20H27N3O5S/c1-5-23(6-2)29(26,27)18-12-16(10-9-14(18)3)20(25)22-15(4)19(24)21-13-17-8-7-11-28-17/h7-12,15H,5-6,13H2,1-4H3,(H,21,24)(H,22,25). The zero-order chi connectivity index (χ0) is 21.6. The number of amides is 2. The van der Waals surface area contributed by atoms with Crippen LogP contribution in [0, 0.1) is 6.92 Å². The van der Waals surface area contributed by atoms with Crippen LogP contribution in [-0.4, -0.2) is 43.7 Å². The fourth-order valence-corrected chi connectivity index (χ4v) is 4.52. The smallest absolute Gasteiger partial charge is 0.251 e. The number of carbonyl (C=O) groups is 2. The summed E-state index contributed by atoms with van der Waals surface area (Å²) < 4.78 is 32.2. The Labute approximate surface area is 171 Å². The molecule has 2 amide bonds. The fourth-order valence-electron chi connectivity index (χ4n) is 2.81. The van der Waals surface area contributed by atoms with Crippen LogP contribution in [0.15, 0.2) is 45.9 Å². The number of hydrogen-bond donors (Lipinski definition) is 2. The second-order valence-electron chi connectivity index (χ2n) is 6.56. The van der Waals surface area contributed by atoms with Crippen LogP contribution < -0.4 is 10.6 Å². The number of rotatable bonds is 9. The van der Waals surface area contributed by atoms with Gasteiger partial charge in [0.1, 0.15) is 11.8 Å². The first-order chi connectivity index (χ1) is 13.7. The average Bonchev–Trinajstić information content (AvgIpc) is 3.20. The summed E-state index contributed by atoms with van der Waals surface area (Å²) in [5.41, 5.74) is 0.727. The summed E-state index contributed by atoms with van der Waals surface area (Å²) in [6.07, 6.45) is 1.51. The summed E-state index contributed by atoms with van der Waals surface area (Å²) in [6.45, 7) is 7.64. The summed E-state index contributed by atoms with van der Waals surface area (Å²) in [5.74, 6) is -0.304. The Kier molecular flexibility index (Phi) is 7.58. The maximum Gasteiger partial charge on any atom is 0.251 e. The first kappa shape index (κ1) is 22.6. The van der Waals surface area contributed by atoms with Gasteiger partial charge in [-0.15, -0.1) is 0 Å². The van der Waals surface area contributed by atoms with Gasteiger partial charge in [0, 0.05) is 18.7 Å². The zero-order valence-electron chi connectivity index (χ0n) is 17.1. The van der Waals surface area contributed by atoms with Crippen LogP contribution in [-0.2, 0) is 21.4 Å². The van der Waals surface area contributed by atoms with E-state index < -0.39 is 22.0 Å². The average molecular weight is 422 g/mol. The third kappa shape index (κ3) is 5.45. The molecule has 1 aromatic heterocycles. The Morgan fingerprint density at radius 1 is 1.17 bits per heavy atom. The van der Waals surface area contributed by atoms with E-state index in [1.807, 2.05) is 0 Å². The van der Waals surface area contributed by atoms with Crippen molar-refractivity contribution in [2.45, 2.75) is 45.2 Å². The Morgan fingerprint density at radius 2 is 1.86 bits per heavy atom. The van der Waals surface area contributed by atoms with Crippen LogP contribution in [0.1, 0.15) is 42.5 Å². The van der Waals surface area contributed by atoms with E-state index in [-0.39, 0.29) is 22.9 Å². The molecule has 0 fully saturated rings. The third-order valence-corrected chi connectivity index (χ3v) is 6.72. The van der Waals surface area contributed by atoms with Crippen LogP contribution in [0.4, 0.5) is 0 Å². The van der Waals surface area contributed by atoms with Gasteiger partial charge >= 0.3 is 0 Å². The number of benzene rings is 1. The van der Waals surface area contributed by atoms with Gasteiger partial charge in [-0.1, -0.05) is 19.9 Å². The van der Waals surface area contributed by atoms with E-state index in [1.54, 1.807) is 52.0 Å². The lowest BCUT2D eigenvalue weighted by molar-refractivity contribution is -0.122. The summed E-state index contributed by atoms with van der Waals surface area (Å²) >= 11 is 0. The molecule has 0 saturated heterocycles. The summed E-state index contributed by atoms with van der Waals surface area (Å²) in [7, 11) is -3.70. The maximum atomic E-state index is 12.8. The Bertz CT molecular complexity index is 951. The monoisotopic (exact) mass is 421 g/mol. The van der Waals surface area contributed by atoms with E-state index in [9.17, 15) is 18.0 Å². The first-order valence-electron chi connectivity index (χ1n) is 9.42. The normalized spacial score (nSPS) is 12.6. The van der Waals surface area contributed by atoms with E-state index in [1.165, 1.54) is 16.6 Å². The molecule has 1 atom stereocenters. The molecule has 0 aliphatic carbocycles. The molecule has 9 heteroatoms. The van der Waals surface area contributed by atoms with Crippen molar-refractivity contribution in [2.75, 3.05) is 13.1 Å². The zero-order valence-corrected chi connectivity index (χ0v) is 17.9. The van der Waals surface area contributed by atoms with Gasteiger partial charge in [0.25, 0.3) is 5.91 Å². The van der Waals surface area contributed by atoms with Crippen LogP contribution in [0.5, 0.6) is 0 Å². The molecule has 2 rings (SSSR count). The molecule has 0 spiro atoms. The van der Waals surface area contributed by atoms with Crippen molar-refractivity contribution >= 4 is 21.8 Å². The van der Waals surface area contributed by atoms with Gasteiger partial charge in [0.15, 0.2) is 0 Å². The second kappa shape index (κ2) is 9.71. The molecule has 1 unspecified atom stereocenters. The van der Waals surface area contributed by atoms with Crippen molar-refractivity contribution in [3.8, 4) is 0 Å². The summed E-state index contributed by atoms with van der Waals surface area (Å²) in [5, 5.41) is 5.26. The molecule has 2 N–H and O–H groups in total. The van der Waals surface area contributed by atoms with Crippen LogP contribution >= 0.6 is 0 Å². The molecule has 0 aliphatic heterocycles. The molecule has 2 aromatic rings. The lowest BCUT2D eigenvalue weighted by atomic mass is 10.1. The molecular weight excluding hydrogens is 394 g/mol. The first-order valence-corrected chi connectivity index (χ1v) is 10.9. The molecule has 29 heavy (non-hydrogen) atoms. The second-order valence-corrected chi connectivity index (χ2v) is 8.47. The van der Waals surface area contributed by atoms with Crippen molar-refractivity contribution in [3.05, 3.63) is 53.5 Å². The molecule has 0 aliphatic rings. The van der Waals surface area contributed by atoms with E-state index in [0.717, 1.165) is 0 Å². The molecule has 8 nitrogen and oxygen atoms in total. The number of nitrogens with one attached hydrogen (secondary N) is 2. The highest BCUT2D eigenvalue weighted by atomic mass is 32.2. The number of sulfonamides is 1. The number of nitrogens with zero attached hydrogens (tertiary/aromatic N) is 1. The minimum Gasteiger partial charge on any atom is -0.467 e. The molecule has 0 saturated carbocycles. The highest BCUT2D eigenvalue weighted by Crippen LogP contribution is 2.21. The van der Waals surface area contributed by atoms with Crippen molar-refractivity contribution < 1.29 is 22.4 Å². The van der Waals surface area contributed by atoms with Gasteiger partial charge in [-0.25, -0.2) is 8.42 Å². The fraction of sp³-hybridized carbons (Fsp3) is 0.400. The molecular formula is C20H27N3O5S. The highest BCUT2D eigenvalue weighted by Gasteiger charge is 2.25. The minimum absolute atomic E-state index is 0.0868. The molecule has 1 heterocycles. The lowest BCUT2D eigenvalue weighted by Gasteiger charge is -2.20. The van der Waals surface area contributed by atoms with Crippen LogP contribution in [0.3, 0.4) is 0 Å². The molecule has 0 bridgehead atoms. The van der Waals surface area contributed by atoms with Gasteiger partial charge < -0.3 is 15.1 Å². The minimum atomic E-state index is -3.70. The largest absolute Gasteiger partial charge is 0.467 e. The van der Waals surface area contributed by atoms with Gasteiger partial charge in [-0.3, -0.25) is 9.59 Å². The topological polar surface area (TPSA) is 109 Å². The Morgan fingerprint density at radius 3 is 2.45 bits per heavy atom. The lowest BCUT2D eigenvalue weighted by Crippen LogP contribution is -2.44. The van der Waals surface area contributed by atoms with E-state index in [0.29, 0.717) is 24.4 Å². The van der Waals surface area contributed by atoms with Crippen molar-refractivity contribution in [3.63, 3.8) is 0 Å². The number of aryl methyl sites for hydroxylation is 1. The predicted molar refractivity (Wildman–Crippen MR) is 109 cm³/mol. The third-order valence-electron chi connectivity index (χ3n) is 4.53. The number of hydrogen-bond acceptors (Lipinski definition) is 5. The van der Waals surface area contributed by atoms with Crippen molar-refractivity contribution in [1.82, 2.24) is 14.9 Å². The van der Waals surface area contributed by atoms with Gasteiger partial charge in [0.2, 0.25) is 15.9 Å². The summed E-state index contributed by atoms with van der Waals surface area (Å²) in [6, 6.07) is 7.13. The van der Waals surface area contributed by atoms with E-state index in [2.05, 4.69) is 10.6 Å². The number of carbonyl (C=O) groups excluding carboxylic acids is 2. The molecule has 1 aromatic carbocycles.